The standard InChI is InChI=1S/C13H17N3O3/c1-18-10-4-2-9(3-5-10)8-12-15-13(19-16-12)11(14)6-7-17/h2-5,11,17H,6-8,14H2,1H3. The molecule has 0 amide bonds. The molecule has 0 aliphatic heterocycles. The van der Waals surface area contributed by atoms with Crippen molar-refractivity contribution < 1.29 is 14.4 Å². The lowest BCUT2D eigenvalue weighted by atomic mass is 10.1. The lowest BCUT2D eigenvalue weighted by Gasteiger charge is -2.02. The molecule has 0 saturated carbocycles. The Bertz CT molecular complexity index is 510. The highest BCUT2D eigenvalue weighted by Gasteiger charge is 2.14. The van der Waals surface area contributed by atoms with Crippen LogP contribution in [0.5, 0.6) is 5.75 Å². The van der Waals surface area contributed by atoms with Crippen molar-refractivity contribution in [1.82, 2.24) is 10.1 Å². The molecule has 6 nitrogen and oxygen atoms in total. The molecule has 0 spiro atoms. The third-order valence-corrected chi connectivity index (χ3v) is 2.76. The van der Waals surface area contributed by atoms with Crippen molar-refractivity contribution in [2.24, 2.45) is 5.73 Å². The first kappa shape index (κ1) is 13.5. The minimum atomic E-state index is -0.415. The molecule has 6 heteroatoms. The summed E-state index contributed by atoms with van der Waals surface area (Å²) in [4.78, 5) is 4.22. The van der Waals surface area contributed by atoms with Crippen molar-refractivity contribution in [1.29, 1.82) is 0 Å². The van der Waals surface area contributed by atoms with Gasteiger partial charge in [0.1, 0.15) is 5.75 Å². The lowest BCUT2D eigenvalue weighted by molar-refractivity contribution is 0.259. The molecule has 0 radical (unpaired) electrons. The third-order valence-electron chi connectivity index (χ3n) is 2.76. The number of aliphatic hydroxyl groups excluding tert-OH is 1. The van der Waals surface area contributed by atoms with E-state index in [1.807, 2.05) is 24.3 Å². The number of ether oxygens (including phenoxy) is 1. The van der Waals surface area contributed by atoms with Gasteiger partial charge in [0.2, 0.25) is 5.89 Å². The minimum absolute atomic E-state index is 0.00262. The average molecular weight is 263 g/mol. The topological polar surface area (TPSA) is 94.4 Å². The molecule has 1 aromatic carbocycles. The number of benzene rings is 1. The molecular weight excluding hydrogens is 246 g/mol. The average Bonchev–Trinajstić information content (AvgIpc) is 2.88. The lowest BCUT2D eigenvalue weighted by Crippen LogP contribution is -2.12. The van der Waals surface area contributed by atoms with Gasteiger partial charge in [0.25, 0.3) is 0 Å². The fourth-order valence-electron chi connectivity index (χ4n) is 1.68. The summed E-state index contributed by atoms with van der Waals surface area (Å²) in [5, 5.41) is 12.7. The summed E-state index contributed by atoms with van der Waals surface area (Å²) < 4.78 is 10.2. The molecule has 2 aromatic rings. The fourth-order valence-corrected chi connectivity index (χ4v) is 1.68. The summed E-state index contributed by atoms with van der Waals surface area (Å²) in [6, 6.07) is 7.24. The Labute approximate surface area is 111 Å². The second kappa shape index (κ2) is 6.31. The quantitative estimate of drug-likeness (QED) is 0.809. The SMILES string of the molecule is COc1ccc(Cc2noc(C(N)CCO)n2)cc1. The first-order chi connectivity index (χ1) is 9.22. The van der Waals surface area contributed by atoms with Gasteiger partial charge in [-0.3, -0.25) is 0 Å². The number of nitrogens with two attached hydrogens (primary N) is 1. The van der Waals surface area contributed by atoms with Crippen LogP contribution < -0.4 is 10.5 Å². The van der Waals surface area contributed by atoms with E-state index in [-0.39, 0.29) is 6.61 Å². The maximum Gasteiger partial charge on any atom is 0.243 e. The number of methoxy groups -OCH3 is 1. The maximum absolute atomic E-state index is 8.81. The fraction of sp³-hybridized carbons (Fsp3) is 0.385. The second-order valence-electron chi connectivity index (χ2n) is 4.19. The highest BCUT2D eigenvalue weighted by Crippen LogP contribution is 2.15. The minimum Gasteiger partial charge on any atom is -0.497 e. The van der Waals surface area contributed by atoms with Crippen LogP contribution in [-0.4, -0.2) is 29.0 Å². The summed E-state index contributed by atoms with van der Waals surface area (Å²) in [6.45, 7) is -0.00262. The van der Waals surface area contributed by atoms with Crippen molar-refractivity contribution in [3.63, 3.8) is 0 Å². The van der Waals surface area contributed by atoms with Crippen LogP contribution in [-0.2, 0) is 6.42 Å². The van der Waals surface area contributed by atoms with Crippen LogP contribution >= 0.6 is 0 Å². The molecule has 0 fully saturated rings. The first-order valence-electron chi connectivity index (χ1n) is 6.04. The molecule has 19 heavy (non-hydrogen) atoms. The molecule has 2 rings (SSSR count). The molecule has 0 saturated heterocycles. The monoisotopic (exact) mass is 263 g/mol. The zero-order valence-corrected chi connectivity index (χ0v) is 10.7. The molecule has 0 bridgehead atoms. The van der Waals surface area contributed by atoms with Crippen molar-refractivity contribution in [2.75, 3.05) is 13.7 Å². The molecule has 1 aromatic heterocycles. The zero-order valence-electron chi connectivity index (χ0n) is 10.7. The van der Waals surface area contributed by atoms with Gasteiger partial charge in [-0.2, -0.15) is 4.98 Å². The molecule has 0 aliphatic carbocycles. The van der Waals surface area contributed by atoms with Crippen molar-refractivity contribution in [3.05, 3.63) is 41.5 Å². The van der Waals surface area contributed by atoms with Crippen LogP contribution in [0.15, 0.2) is 28.8 Å². The second-order valence-corrected chi connectivity index (χ2v) is 4.19. The summed E-state index contributed by atoms with van der Waals surface area (Å²) in [6.07, 6.45) is 0.976. The molecule has 1 unspecified atom stereocenters. The summed E-state index contributed by atoms with van der Waals surface area (Å²) >= 11 is 0. The van der Waals surface area contributed by atoms with Crippen LogP contribution in [0, 0.1) is 0 Å². The molecule has 3 N–H and O–H groups in total. The number of hydrogen-bond donors (Lipinski definition) is 2. The number of aromatic nitrogens is 2. The Balaban J connectivity index is 2.02. The Morgan fingerprint density at radius 1 is 1.37 bits per heavy atom. The molecule has 0 aliphatic rings. The van der Waals surface area contributed by atoms with Gasteiger partial charge in [0.05, 0.1) is 13.2 Å². The van der Waals surface area contributed by atoms with E-state index in [0.717, 1.165) is 11.3 Å². The number of rotatable bonds is 6. The molecule has 1 atom stereocenters. The normalized spacial score (nSPS) is 12.4. The van der Waals surface area contributed by atoms with E-state index in [1.54, 1.807) is 7.11 Å². The van der Waals surface area contributed by atoms with Gasteiger partial charge in [0.15, 0.2) is 5.82 Å². The summed E-state index contributed by atoms with van der Waals surface area (Å²) in [5.41, 5.74) is 6.84. The highest BCUT2D eigenvalue weighted by molar-refractivity contribution is 5.28. The van der Waals surface area contributed by atoms with Crippen LogP contribution in [0.1, 0.15) is 29.7 Å². The van der Waals surface area contributed by atoms with E-state index in [1.165, 1.54) is 0 Å². The van der Waals surface area contributed by atoms with E-state index < -0.39 is 6.04 Å². The van der Waals surface area contributed by atoms with Gasteiger partial charge in [-0.25, -0.2) is 0 Å². The zero-order chi connectivity index (χ0) is 13.7. The Hall–Kier alpha value is -1.92. The van der Waals surface area contributed by atoms with Gasteiger partial charge in [0, 0.05) is 13.0 Å². The Kier molecular flexibility index (Phi) is 4.48. The van der Waals surface area contributed by atoms with Gasteiger partial charge >= 0.3 is 0 Å². The maximum atomic E-state index is 8.81. The van der Waals surface area contributed by atoms with Crippen LogP contribution in [0.3, 0.4) is 0 Å². The number of nitrogens with zero attached hydrogens (tertiary/aromatic N) is 2. The Morgan fingerprint density at radius 3 is 2.74 bits per heavy atom. The van der Waals surface area contributed by atoms with Crippen LogP contribution in [0.25, 0.3) is 0 Å². The van der Waals surface area contributed by atoms with Crippen molar-refractivity contribution in [2.45, 2.75) is 18.9 Å². The Morgan fingerprint density at radius 2 is 2.11 bits per heavy atom. The molecule has 1 heterocycles. The van der Waals surface area contributed by atoms with Gasteiger partial charge < -0.3 is 20.1 Å². The summed E-state index contributed by atoms with van der Waals surface area (Å²) in [7, 11) is 1.63. The van der Waals surface area contributed by atoms with E-state index in [9.17, 15) is 0 Å². The molecular formula is C13H17N3O3. The highest BCUT2D eigenvalue weighted by atomic mass is 16.5. The van der Waals surface area contributed by atoms with Gasteiger partial charge in [-0.1, -0.05) is 17.3 Å². The van der Waals surface area contributed by atoms with Gasteiger partial charge in [-0.15, -0.1) is 0 Å². The largest absolute Gasteiger partial charge is 0.497 e. The van der Waals surface area contributed by atoms with Crippen molar-refractivity contribution >= 4 is 0 Å². The molecule has 102 valence electrons. The summed E-state index contributed by atoms with van der Waals surface area (Å²) in [5.74, 6) is 1.74. The van der Waals surface area contributed by atoms with E-state index in [2.05, 4.69) is 10.1 Å². The predicted molar refractivity (Wildman–Crippen MR) is 68.7 cm³/mol. The van der Waals surface area contributed by atoms with E-state index >= 15 is 0 Å². The predicted octanol–water partition coefficient (Wildman–Crippen LogP) is 1.05. The van der Waals surface area contributed by atoms with Crippen molar-refractivity contribution in [3.8, 4) is 5.75 Å². The van der Waals surface area contributed by atoms with Gasteiger partial charge in [-0.05, 0) is 24.1 Å². The van der Waals surface area contributed by atoms with Crippen LogP contribution in [0.2, 0.25) is 0 Å². The smallest absolute Gasteiger partial charge is 0.243 e. The number of aliphatic hydroxyl groups is 1. The van der Waals surface area contributed by atoms with E-state index in [4.69, 9.17) is 20.1 Å². The third kappa shape index (κ3) is 3.52. The first-order valence-corrected chi connectivity index (χ1v) is 6.04. The van der Waals surface area contributed by atoms with E-state index in [0.29, 0.717) is 24.6 Å². The number of hydrogen-bond acceptors (Lipinski definition) is 6. The van der Waals surface area contributed by atoms with Crippen LogP contribution in [0.4, 0.5) is 0 Å².